The standard InChI is InChI=1S/C12H18N2O2/c1-12(13,11(15)16-4)9-5-7-10(8-6-9)14(2)3/h5-8H,13H2,1-4H3. The van der Waals surface area contributed by atoms with E-state index in [1.807, 2.05) is 43.3 Å². The summed E-state index contributed by atoms with van der Waals surface area (Å²) in [6.45, 7) is 1.64. The summed E-state index contributed by atoms with van der Waals surface area (Å²) in [5.41, 5.74) is 6.63. The monoisotopic (exact) mass is 222 g/mol. The molecule has 0 spiro atoms. The Kier molecular flexibility index (Phi) is 3.55. The first-order valence-corrected chi connectivity index (χ1v) is 5.04. The van der Waals surface area contributed by atoms with Crippen molar-refractivity contribution in [2.45, 2.75) is 12.5 Å². The summed E-state index contributed by atoms with van der Waals surface area (Å²) in [5.74, 6) is -0.440. The van der Waals surface area contributed by atoms with Gasteiger partial charge in [0, 0.05) is 19.8 Å². The number of hydrogen-bond acceptors (Lipinski definition) is 4. The van der Waals surface area contributed by atoms with Gasteiger partial charge in [-0.2, -0.15) is 0 Å². The molecular weight excluding hydrogens is 204 g/mol. The number of esters is 1. The molecule has 0 bridgehead atoms. The van der Waals surface area contributed by atoms with Crippen molar-refractivity contribution in [2.24, 2.45) is 5.73 Å². The van der Waals surface area contributed by atoms with Gasteiger partial charge in [-0.3, -0.25) is 0 Å². The van der Waals surface area contributed by atoms with E-state index in [9.17, 15) is 4.79 Å². The Morgan fingerprint density at radius 1 is 1.31 bits per heavy atom. The lowest BCUT2D eigenvalue weighted by molar-refractivity contribution is -0.146. The van der Waals surface area contributed by atoms with Gasteiger partial charge in [0.2, 0.25) is 0 Å². The van der Waals surface area contributed by atoms with Gasteiger partial charge >= 0.3 is 5.97 Å². The van der Waals surface area contributed by atoms with Gasteiger partial charge in [-0.25, -0.2) is 4.79 Å². The maximum atomic E-state index is 11.5. The normalized spacial score (nSPS) is 14.1. The summed E-state index contributed by atoms with van der Waals surface area (Å²) in [7, 11) is 5.25. The van der Waals surface area contributed by atoms with Crippen molar-refractivity contribution < 1.29 is 9.53 Å². The summed E-state index contributed by atoms with van der Waals surface area (Å²) in [4.78, 5) is 13.5. The van der Waals surface area contributed by atoms with E-state index in [4.69, 9.17) is 5.73 Å². The number of nitrogens with two attached hydrogens (primary N) is 1. The maximum Gasteiger partial charge on any atom is 0.330 e. The van der Waals surface area contributed by atoms with Crippen molar-refractivity contribution in [1.82, 2.24) is 0 Å². The molecule has 0 aliphatic rings. The fourth-order valence-corrected chi connectivity index (χ4v) is 1.44. The molecule has 2 N–H and O–H groups in total. The molecule has 0 aromatic heterocycles. The number of nitrogens with zero attached hydrogens (tertiary/aromatic N) is 1. The van der Waals surface area contributed by atoms with Crippen molar-refractivity contribution in [3.05, 3.63) is 29.8 Å². The molecule has 4 heteroatoms. The van der Waals surface area contributed by atoms with Gasteiger partial charge in [0.05, 0.1) is 7.11 Å². The summed E-state index contributed by atoms with van der Waals surface area (Å²) >= 11 is 0. The highest BCUT2D eigenvalue weighted by Gasteiger charge is 2.31. The fraction of sp³-hybridized carbons (Fsp3) is 0.417. The Morgan fingerprint density at radius 3 is 2.19 bits per heavy atom. The Labute approximate surface area is 96.0 Å². The van der Waals surface area contributed by atoms with Crippen molar-refractivity contribution in [3.63, 3.8) is 0 Å². The maximum absolute atomic E-state index is 11.5. The molecule has 1 aromatic rings. The molecule has 1 rings (SSSR count). The van der Waals surface area contributed by atoms with Crippen LogP contribution in [0.25, 0.3) is 0 Å². The van der Waals surface area contributed by atoms with Crippen LogP contribution >= 0.6 is 0 Å². The smallest absolute Gasteiger partial charge is 0.330 e. The van der Waals surface area contributed by atoms with Gasteiger partial charge < -0.3 is 15.4 Å². The first-order chi connectivity index (χ1) is 7.39. The lowest BCUT2D eigenvalue weighted by atomic mass is 9.93. The molecule has 1 aromatic carbocycles. The van der Waals surface area contributed by atoms with Gasteiger partial charge in [0.25, 0.3) is 0 Å². The van der Waals surface area contributed by atoms with Crippen LogP contribution in [0.1, 0.15) is 12.5 Å². The third-order valence-electron chi connectivity index (χ3n) is 2.59. The number of rotatable bonds is 3. The number of methoxy groups -OCH3 is 1. The van der Waals surface area contributed by atoms with Crippen molar-refractivity contribution >= 4 is 11.7 Å². The van der Waals surface area contributed by atoms with E-state index in [0.29, 0.717) is 0 Å². The minimum absolute atomic E-state index is 0.440. The van der Waals surface area contributed by atoms with E-state index >= 15 is 0 Å². The van der Waals surface area contributed by atoms with Crippen molar-refractivity contribution in [2.75, 3.05) is 26.1 Å². The van der Waals surface area contributed by atoms with Gasteiger partial charge in [-0.1, -0.05) is 12.1 Å². The summed E-state index contributed by atoms with van der Waals surface area (Å²) in [6.07, 6.45) is 0. The topological polar surface area (TPSA) is 55.6 Å². The number of carbonyl (C=O) groups excluding carboxylic acids is 1. The highest BCUT2D eigenvalue weighted by molar-refractivity contribution is 5.81. The zero-order valence-corrected chi connectivity index (χ0v) is 10.2. The SMILES string of the molecule is COC(=O)C(C)(N)c1ccc(N(C)C)cc1. The van der Waals surface area contributed by atoms with Crippen molar-refractivity contribution in [1.29, 1.82) is 0 Å². The molecule has 0 aliphatic heterocycles. The zero-order chi connectivity index (χ0) is 12.3. The molecule has 0 heterocycles. The Balaban J connectivity index is 3.01. The highest BCUT2D eigenvalue weighted by Crippen LogP contribution is 2.22. The lowest BCUT2D eigenvalue weighted by Gasteiger charge is -2.22. The van der Waals surface area contributed by atoms with E-state index in [1.165, 1.54) is 7.11 Å². The molecule has 1 atom stereocenters. The molecular formula is C12H18N2O2. The summed E-state index contributed by atoms with van der Waals surface area (Å²) in [5, 5.41) is 0. The largest absolute Gasteiger partial charge is 0.467 e. The van der Waals surface area contributed by atoms with Crippen LogP contribution in [-0.2, 0) is 15.1 Å². The summed E-state index contributed by atoms with van der Waals surface area (Å²) < 4.78 is 4.67. The number of carbonyl (C=O) groups is 1. The Morgan fingerprint density at radius 2 is 1.81 bits per heavy atom. The minimum atomic E-state index is -1.10. The van der Waals surface area contributed by atoms with E-state index in [0.717, 1.165) is 11.3 Å². The molecule has 88 valence electrons. The predicted octanol–water partition coefficient (Wildman–Crippen LogP) is 1.10. The molecule has 0 aliphatic carbocycles. The van der Waals surface area contributed by atoms with Crippen LogP contribution in [0.5, 0.6) is 0 Å². The molecule has 4 nitrogen and oxygen atoms in total. The average Bonchev–Trinajstić information content (AvgIpc) is 2.28. The van der Waals surface area contributed by atoms with Crippen LogP contribution in [0, 0.1) is 0 Å². The van der Waals surface area contributed by atoms with E-state index in [1.54, 1.807) is 6.92 Å². The van der Waals surface area contributed by atoms with Crippen LogP contribution in [0.3, 0.4) is 0 Å². The first kappa shape index (κ1) is 12.5. The number of anilines is 1. The van der Waals surface area contributed by atoms with Gasteiger partial charge in [0.15, 0.2) is 0 Å². The molecule has 0 saturated carbocycles. The van der Waals surface area contributed by atoms with E-state index in [2.05, 4.69) is 4.74 Å². The highest BCUT2D eigenvalue weighted by atomic mass is 16.5. The Hall–Kier alpha value is -1.55. The van der Waals surface area contributed by atoms with Gasteiger partial charge in [-0.15, -0.1) is 0 Å². The van der Waals surface area contributed by atoms with E-state index in [-0.39, 0.29) is 0 Å². The number of benzene rings is 1. The van der Waals surface area contributed by atoms with E-state index < -0.39 is 11.5 Å². The van der Waals surface area contributed by atoms with Crippen LogP contribution in [0.2, 0.25) is 0 Å². The van der Waals surface area contributed by atoms with Gasteiger partial charge in [0.1, 0.15) is 5.54 Å². The van der Waals surface area contributed by atoms with Crippen molar-refractivity contribution in [3.8, 4) is 0 Å². The second-order valence-electron chi connectivity index (χ2n) is 4.14. The predicted molar refractivity (Wildman–Crippen MR) is 64.3 cm³/mol. The third-order valence-corrected chi connectivity index (χ3v) is 2.59. The average molecular weight is 222 g/mol. The van der Waals surface area contributed by atoms with Crippen LogP contribution in [0.15, 0.2) is 24.3 Å². The summed E-state index contributed by atoms with van der Waals surface area (Å²) in [6, 6.07) is 7.52. The molecule has 0 amide bonds. The lowest BCUT2D eigenvalue weighted by Crippen LogP contribution is -2.42. The quantitative estimate of drug-likeness (QED) is 0.778. The molecule has 0 fully saturated rings. The zero-order valence-electron chi connectivity index (χ0n) is 10.2. The third kappa shape index (κ3) is 2.33. The Bertz CT molecular complexity index is 369. The van der Waals surface area contributed by atoms with Crippen LogP contribution < -0.4 is 10.6 Å². The second kappa shape index (κ2) is 4.53. The van der Waals surface area contributed by atoms with Crippen LogP contribution in [0.4, 0.5) is 5.69 Å². The first-order valence-electron chi connectivity index (χ1n) is 5.04. The molecule has 16 heavy (non-hydrogen) atoms. The second-order valence-corrected chi connectivity index (χ2v) is 4.14. The minimum Gasteiger partial charge on any atom is -0.467 e. The van der Waals surface area contributed by atoms with Gasteiger partial charge in [-0.05, 0) is 24.6 Å². The van der Waals surface area contributed by atoms with Crippen LogP contribution in [-0.4, -0.2) is 27.2 Å². The number of ether oxygens (including phenoxy) is 1. The fourth-order valence-electron chi connectivity index (χ4n) is 1.44. The molecule has 1 unspecified atom stereocenters. The molecule has 0 saturated heterocycles. The molecule has 0 radical (unpaired) electrons. The number of hydrogen-bond donors (Lipinski definition) is 1.